The van der Waals surface area contributed by atoms with Gasteiger partial charge < -0.3 is 0 Å². The molecule has 0 bridgehead atoms. The van der Waals surface area contributed by atoms with Gasteiger partial charge in [0, 0.05) is 6.07 Å². The number of halogens is 3. The van der Waals surface area contributed by atoms with Crippen LogP contribution in [0.4, 0.5) is 8.78 Å². The third-order valence-electron chi connectivity index (χ3n) is 1.72. The number of hydrogen-bond donors (Lipinski definition) is 0. The number of benzene rings is 1. The van der Waals surface area contributed by atoms with Gasteiger partial charge in [-0.15, -0.1) is 0 Å². The summed E-state index contributed by atoms with van der Waals surface area (Å²) < 4.78 is 25.8. The summed E-state index contributed by atoms with van der Waals surface area (Å²) in [4.78, 5) is 0. The smallest absolute Gasteiger partial charge is 0.144 e. The molecule has 0 heterocycles. The van der Waals surface area contributed by atoms with Crippen LogP contribution in [0.25, 0.3) is 0 Å². The normalized spacial score (nSPS) is 10.9. The van der Waals surface area contributed by atoms with Gasteiger partial charge in [0.25, 0.3) is 0 Å². The highest BCUT2D eigenvalue weighted by molar-refractivity contribution is 6.30. The topological polar surface area (TPSA) is 0 Å². The van der Waals surface area contributed by atoms with Crippen LogP contribution in [0.5, 0.6) is 0 Å². The lowest BCUT2D eigenvalue weighted by atomic mass is 10.0. The first-order valence-electron chi connectivity index (χ1n) is 4.14. The fourth-order valence-corrected chi connectivity index (χ4v) is 1.35. The van der Waals surface area contributed by atoms with E-state index in [0.29, 0.717) is 17.9 Å². The van der Waals surface area contributed by atoms with E-state index >= 15 is 0 Å². The quantitative estimate of drug-likeness (QED) is 0.643. The fourth-order valence-electron chi connectivity index (χ4n) is 1.16. The molecule has 0 nitrogen and oxygen atoms in total. The molecule has 13 heavy (non-hydrogen) atoms. The average Bonchev–Trinajstić information content (AvgIpc) is 1.99. The Labute approximate surface area is 81.5 Å². The summed E-state index contributed by atoms with van der Waals surface area (Å²) in [6.45, 7) is 3.94. The van der Waals surface area contributed by atoms with Crippen molar-refractivity contribution in [3.8, 4) is 0 Å². The molecular weight excluding hydrogens is 194 g/mol. The first-order valence-corrected chi connectivity index (χ1v) is 4.52. The van der Waals surface area contributed by atoms with Crippen LogP contribution in [-0.4, -0.2) is 0 Å². The maximum atomic E-state index is 13.1. The Morgan fingerprint density at radius 2 is 1.85 bits per heavy atom. The lowest BCUT2D eigenvalue weighted by Gasteiger charge is -2.06. The fraction of sp³-hybridized carbons (Fsp3) is 0.400. The molecule has 0 amide bonds. The molecule has 0 aliphatic rings. The van der Waals surface area contributed by atoms with Gasteiger partial charge in [-0.2, -0.15) is 0 Å². The van der Waals surface area contributed by atoms with Gasteiger partial charge in [0.2, 0.25) is 0 Å². The summed E-state index contributed by atoms with van der Waals surface area (Å²) in [7, 11) is 0. The van der Waals surface area contributed by atoms with Crippen LogP contribution in [0.2, 0.25) is 5.02 Å². The van der Waals surface area contributed by atoms with Crippen molar-refractivity contribution in [2.45, 2.75) is 20.3 Å². The largest absolute Gasteiger partial charge is 0.207 e. The zero-order valence-electron chi connectivity index (χ0n) is 7.57. The lowest BCUT2D eigenvalue weighted by molar-refractivity contribution is 0.552. The van der Waals surface area contributed by atoms with Gasteiger partial charge >= 0.3 is 0 Å². The Bertz CT molecular complexity index is 308. The minimum absolute atomic E-state index is 0.0166. The summed E-state index contributed by atoms with van der Waals surface area (Å²) in [6.07, 6.45) is 0.575. The minimum atomic E-state index is -0.702. The molecule has 3 heteroatoms. The van der Waals surface area contributed by atoms with E-state index in [4.69, 9.17) is 11.6 Å². The van der Waals surface area contributed by atoms with E-state index in [0.717, 1.165) is 6.07 Å². The molecule has 0 aliphatic heterocycles. The van der Waals surface area contributed by atoms with Crippen molar-refractivity contribution < 1.29 is 8.78 Å². The first-order chi connectivity index (χ1) is 6.00. The second-order valence-corrected chi connectivity index (χ2v) is 3.86. The Balaban J connectivity index is 3.01. The third kappa shape index (κ3) is 2.66. The van der Waals surface area contributed by atoms with Crippen molar-refractivity contribution >= 4 is 11.6 Å². The van der Waals surface area contributed by atoms with Crippen molar-refractivity contribution in [1.29, 1.82) is 0 Å². The predicted molar refractivity (Wildman–Crippen MR) is 49.9 cm³/mol. The zero-order valence-corrected chi connectivity index (χ0v) is 8.33. The summed E-state index contributed by atoms with van der Waals surface area (Å²) in [5, 5.41) is -0.0166. The molecule has 0 N–H and O–H groups in total. The highest BCUT2D eigenvalue weighted by Crippen LogP contribution is 2.21. The molecule has 0 atom stereocenters. The molecule has 0 unspecified atom stereocenters. The van der Waals surface area contributed by atoms with Crippen molar-refractivity contribution in [1.82, 2.24) is 0 Å². The molecule has 0 aliphatic carbocycles. The van der Waals surface area contributed by atoms with Crippen LogP contribution in [0.3, 0.4) is 0 Å². The molecule has 0 radical (unpaired) electrons. The molecule has 1 aromatic carbocycles. The molecule has 72 valence electrons. The Kier molecular flexibility index (Phi) is 3.26. The molecule has 1 aromatic rings. The Morgan fingerprint density at radius 3 is 2.38 bits per heavy atom. The van der Waals surface area contributed by atoms with E-state index in [1.54, 1.807) is 0 Å². The van der Waals surface area contributed by atoms with E-state index in [1.165, 1.54) is 6.07 Å². The Morgan fingerprint density at radius 1 is 1.23 bits per heavy atom. The molecule has 0 aromatic heterocycles. The number of rotatable bonds is 2. The van der Waals surface area contributed by atoms with Crippen LogP contribution >= 0.6 is 11.6 Å². The van der Waals surface area contributed by atoms with Crippen LogP contribution in [0, 0.1) is 17.6 Å². The molecule has 0 spiro atoms. The van der Waals surface area contributed by atoms with Gasteiger partial charge in [0.1, 0.15) is 11.6 Å². The van der Waals surface area contributed by atoms with E-state index < -0.39 is 11.6 Å². The summed E-state index contributed by atoms with van der Waals surface area (Å²) in [5.41, 5.74) is 0.474. The maximum Gasteiger partial charge on any atom is 0.144 e. The average molecular weight is 205 g/mol. The number of hydrogen-bond acceptors (Lipinski definition) is 0. The zero-order chi connectivity index (χ0) is 10.0. The predicted octanol–water partition coefficient (Wildman–Crippen LogP) is 3.82. The second-order valence-electron chi connectivity index (χ2n) is 3.46. The molecule has 0 fully saturated rings. The lowest BCUT2D eigenvalue weighted by Crippen LogP contribution is -1.98. The second kappa shape index (κ2) is 4.05. The van der Waals surface area contributed by atoms with Crippen molar-refractivity contribution in [2.75, 3.05) is 0 Å². The SMILES string of the molecule is CC(C)Cc1cc(Cl)c(F)cc1F. The van der Waals surface area contributed by atoms with Crippen LogP contribution < -0.4 is 0 Å². The third-order valence-corrected chi connectivity index (χ3v) is 2.01. The van der Waals surface area contributed by atoms with Gasteiger partial charge in [-0.05, 0) is 24.0 Å². The maximum absolute atomic E-state index is 13.1. The highest BCUT2D eigenvalue weighted by atomic mass is 35.5. The summed E-state index contributed by atoms with van der Waals surface area (Å²) in [5.74, 6) is -0.890. The van der Waals surface area contributed by atoms with Crippen LogP contribution in [-0.2, 0) is 6.42 Å². The highest BCUT2D eigenvalue weighted by Gasteiger charge is 2.09. The van der Waals surface area contributed by atoms with Gasteiger partial charge in [-0.25, -0.2) is 8.78 Å². The molecule has 0 saturated carbocycles. The van der Waals surface area contributed by atoms with Crippen molar-refractivity contribution in [3.05, 3.63) is 34.4 Å². The van der Waals surface area contributed by atoms with E-state index in [9.17, 15) is 8.78 Å². The minimum Gasteiger partial charge on any atom is -0.207 e. The van der Waals surface area contributed by atoms with E-state index in [-0.39, 0.29) is 5.02 Å². The Hall–Kier alpha value is -0.630. The summed E-state index contributed by atoms with van der Waals surface area (Å²) >= 11 is 5.53. The van der Waals surface area contributed by atoms with Gasteiger partial charge in [0.15, 0.2) is 0 Å². The van der Waals surface area contributed by atoms with Gasteiger partial charge in [0.05, 0.1) is 5.02 Å². The van der Waals surface area contributed by atoms with Gasteiger partial charge in [-0.1, -0.05) is 25.4 Å². The summed E-state index contributed by atoms with van der Waals surface area (Å²) in [6, 6.07) is 2.19. The molecule has 1 rings (SSSR count). The van der Waals surface area contributed by atoms with Gasteiger partial charge in [-0.3, -0.25) is 0 Å². The molecular formula is C10H11ClF2. The standard InChI is InChI=1S/C10H11ClF2/c1-6(2)3-7-4-8(11)10(13)5-9(7)12/h4-6H,3H2,1-2H3. The monoisotopic (exact) mass is 204 g/mol. The van der Waals surface area contributed by atoms with E-state index in [2.05, 4.69) is 0 Å². The van der Waals surface area contributed by atoms with Crippen LogP contribution in [0.1, 0.15) is 19.4 Å². The van der Waals surface area contributed by atoms with E-state index in [1.807, 2.05) is 13.8 Å². The molecule has 0 saturated heterocycles. The van der Waals surface area contributed by atoms with Crippen molar-refractivity contribution in [3.63, 3.8) is 0 Å². The first kappa shape index (κ1) is 10.5. The van der Waals surface area contributed by atoms with Crippen LogP contribution in [0.15, 0.2) is 12.1 Å². The van der Waals surface area contributed by atoms with Crippen molar-refractivity contribution in [2.24, 2.45) is 5.92 Å².